The molecule has 4 heteroatoms. The van der Waals surface area contributed by atoms with Crippen LogP contribution in [0.2, 0.25) is 0 Å². The topological polar surface area (TPSA) is 35.6 Å². The molecule has 0 aliphatic rings. The third-order valence-corrected chi connectivity index (χ3v) is 9.51. The lowest BCUT2D eigenvalue weighted by Gasteiger charge is -2.14. The maximum Gasteiger partial charge on any atom is 0.235 e. The molecule has 0 saturated heterocycles. The maximum atomic E-state index is 5.40. The minimum Gasteiger partial charge on any atom is -0.307 e. The monoisotopic (exact) mass is 628 g/mol. The Morgan fingerprint density at radius 1 is 0.531 bits per heavy atom. The van der Waals surface area contributed by atoms with Gasteiger partial charge in [0.15, 0.2) is 0 Å². The number of allylic oxidation sites excluding steroid dienone is 5. The van der Waals surface area contributed by atoms with Gasteiger partial charge in [-0.1, -0.05) is 140 Å². The van der Waals surface area contributed by atoms with E-state index < -0.39 is 0 Å². The first-order valence-electron chi connectivity index (χ1n) is 16.6. The van der Waals surface area contributed by atoms with Crippen molar-refractivity contribution in [2.45, 2.75) is 6.92 Å². The Hall–Kier alpha value is -6.52. The van der Waals surface area contributed by atoms with Gasteiger partial charge >= 0.3 is 0 Å². The fourth-order valence-electron chi connectivity index (χ4n) is 7.19. The molecule has 3 heterocycles. The summed E-state index contributed by atoms with van der Waals surface area (Å²) in [5.41, 5.74) is 10.5. The molecule has 0 unspecified atom stereocenters. The predicted octanol–water partition coefficient (Wildman–Crippen LogP) is 11.5. The summed E-state index contributed by atoms with van der Waals surface area (Å²) in [5, 5.41) is 5.68. The van der Waals surface area contributed by atoms with Crippen LogP contribution in [-0.4, -0.2) is 19.1 Å². The van der Waals surface area contributed by atoms with E-state index in [1.165, 1.54) is 16.3 Å². The molecular formula is C45H32N4. The summed E-state index contributed by atoms with van der Waals surface area (Å²) in [6.07, 6.45) is 6.15. The fourth-order valence-corrected chi connectivity index (χ4v) is 7.19. The number of para-hydroxylation sites is 4. The highest BCUT2D eigenvalue weighted by molar-refractivity contribution is 6.23. The second kappa shape index (κ2) is 11.6. The van der Waals surface area contributed by atoms with Crippen molar-refractivity contribution in [1.82, 2.24) is 19.1 Å². The van der Waals surface area contributed by atoms with Gasteiger partial charge in [-0.2, -0.15) is 0 Å². The summed E-state index contributed by atoms with van der Waals surface area (Å²) in [7, 11) is 0. The van der Waals surface area contributed by atoms with Gasteiger partial charge in [0, 0.05) is 38.2 Å². The summed E-state index contributed by atoms with van der Waals surface area (Å²) in [6.45, 7) is 6.36. The van der Waals surface area contributed by atoms with Crippen molar-refractivity contribution in [1.29, 1.82) is 0 Å². The molecule has 0 fully saturated rings. The molecule has 0 radical (unpaired) electrons. The second-order valence-corrected chi connectivity index (χ2v) is 12.3. The van der Waals surface area contributed by atoms with E-state index in [1.807, 2.05) is 24.3 Å². The zero-order valence-electron chi connectivity index (χ0n) is 27.1. The van der Waals surface area contributed by atoms with Gasteiger partial charge in [0.1, 0.15) is 0 Å². The molecule has 0 aliphatic heterocycles. The van der Waals surface area contributed by atoms with Crippen LogP contribution in [0, 0.1) is 0 Å². The Morgan fingerprint density at radius 2 is 1.08 bits per heavy atom. The van der Waals surface area contributed by atoms with Crippen LogP contribution in [-0.2, 0) is 0 Å². The average Bonchev–Trinajstić information content (AvgIpc) is 3.69. The number of hydrogen-bond donors (Lipinski definition) is 0. The van der Waals surface area contributed by atoms with E-state index in [2.05, 4.69) is 162 Å². The van der Waals surface area contributed by atoms with Crippen LogP contribution in [0.25, 0.3) is 77.3 Å². The van der Waals surface area contributed by atoms with Crippen molar-refractivity contribution >= 4 is 65.7 Å². The summed E-state index contributed by atoms with van der Waals surface area (Å²) >= 11 is 0. The molecule has 6 aromatic carbocycles. The first-order valence-corrected chi connectivity index (χ1v) is 16.6. The first-order chi connectivity index (χ1) is 24.2. The Bertz CT molecular complexity index is 2780. The Kier molecular flexibility index (Phi) is 6.80. The molecular weight excluding hydrogens is 597 g/mol. The highest BCUT2D eigenvalue weighted by Crippen LogP contribution is 2.41. The van der Waals surface area contributed by atoms with Gasteiger partial charge in [-0.3, -0.25) is 4.57 Å². The van der Waals surface area contributed by atoms with E-state index >= 15 is 0 Å². The Balaban J connectivity index is 1.39. The standard InChI is InChI=1S/C45H32N4/c1-3-31(27-26-30(2)32-16-6-4-7-17-32)42-38-22-10-13-23-39(38)46-45(47-42)49-41-25-15-12-21-35(41)37-29-28-36-34-20-11-14-24-40(34)48(43(36)44(37)49)33-18-8-5-9-19-33/h3-29H,1H2,2H3/b30-26+,31-27+. The second-order valence-electron chi connectivity index (χ2n) is 12.3. The molecule has 0 bridgehead atoms. The SMILES string of the molecule is C=C/C(=C\C=C(/C)c1ccccc1)c1nc(-n2c3ccccc3c3ccc4c5ccccc5n(-c5ccccc5)c4c32)nc2ccccc12. The van der Waals surface area contributed by atoms with Crippen LogP contribution < -0.4 is 0 Å². The number of aromatic nitrogens is 4. The molecule has 0 N–H and O–H groups in total. The fraction of sp³-hybridized carbons (Fsp3) is 0.0222. The van der Waals surface area contributed by atoms with E-state index in [0.29, 0.717) is 5.95 Å². The van der Waals surface area contributed by atoms with Crippen molar-refractivity contribution in [2.24, 2.45) is 0 Å². The largest absolute Gasteiger partial charge is 0.307 e. The zero-order chi connectivity index (χ0) is 32.9. The van der Waals surface area contributed by atoms with Gasteiger partial charge in [0.25, 0.3) is 0 Å². The predicted molar refractivity (Wildman–Crippen MR) is 206 cm³/mol. The van der Waals surface area contributed by atoms with Crippen molar-refractivity contribution in [3.63, 3.8) is 0 Å². The van der Waals surface area contributed by atoms with Crippen molar-refractivity contribution in [2.75, 3.05) is 0 Å². The molecule has 0 spiro atoms. The van der Waals surface area contributed by atoms with E-state index in [0.717, 1.165) is 66.3 Å². The average molecular weight is 629 g/mol. The lowest BCUT2D eigenvalue weighted by molar-refractivity contribution is 1.00. The highest BCUT2D eigenvalue weighted by Gasteiger charge is 2.23. The number of rotatable bonds is 6. The van der Waals surface area contributed by atoms with Crippen molar-refractivity contribution in [3.05, 3.63) is 182 Å². The Labute approximate surface area is 284 Å². The van der Waals surface area contributed by atoms with Crippen LogP contribution in [0.4, 0.5) is 0 Å². The summed E-state index contributed by atoms with van der Waals surface area (Å²) in [5.74, 6) is 0.619. The maximum absolute atomic E-state index is 5.40. The molecule has 9 aromatic rings. The number of benzene rings is 6. The van der Waals surface area contributed by atoms with E-state index in [9.17, 15) is 0 Å². The minimum absolute atomic E-state index is 0.619. The third-order valence-electron chi connectivity index (χ3n) is 9.51. The van der Waals surface area contributed by atoms with Crippen LogP contribution in [0.5, 0.6) is 0 Å². The third kappa shape index (κ3) is 4.61. The van der Waals surface area contributed by atoms with Crippen LogP contribution in [0.3, 0.4) is 0 Å². The number of hydrogen-bond acceptors (Lipinski definition) is 2. The molecule has 0 aliphatic carbocycles. The normalized spacial score (nSPS) is 12.5. The molecule has 4 nitrogen and oxygen atoms in total. The zero-order valence-corrected chi connectivity index (χ0v) is 27.1. The van der Waals surface area contributed by atoms with Crippen molar-refractivity contribution < 1.29 is 0 Å². The summed E-state index contributed by atoms with van der Waals surface area (Å²) in [4.78, 5) is 10.7. The smallest absolute Gasteiger partial charge is 0.235 e. The number of nitrogens with zero attached hydrogens (tertiary/aromatic N) is 4. The van der Waals surface area contributed by atoms with Crippen LogP contribution in [0.15, 0.2) is 170 Å². The highest BCUT2D eigenvalue weighted by atomic mass is 15.2. The molecule has 9 rings (SSSR count). The Morgan fingerprint density at radius 3 is 1.76 bits per heavy atom. The quantitative estimate of drug-likeness (QED) is 0.172. The van der Waals surface area contributed by atoms with E-state index in [-0.39, 0.29) is 0 Å². The van der Waals surface area contributed by atoms with Gasteiger partial charge in [-0.25, -0.2) is 9.97 Å². The van der Waals surface area contributed by atoms with Crippen LogP contribution >= 0.6 is 0 Å². The molecule has 49 heavy (non-hydrogen) atoms. The van der Waals surface area contributed by atoms with Gasteiger partial charge < -0.3 is 4.57 Å². The van der Waals surface area contributed by atoms with Gasteiger partial charge in [0.05, 0.1) is 33.3 Å². The molecule has 0 atom stereocenters. The van der Waals surface area contributed by atoms with Gasteiger partial charge in [-0.05, 0) is 48.4 Å². The van der Waals surface area contributed by atoms with Crippen LogP contribution in [0.1, 0.15) is 18.2 Å². The van der Waals surface area contributed by atoms with Gasteiger partial charge in [-0.15, -0.1) is 0 Å². The summed E-state index contributed by atoms with van der Waals surface area (Å²) < 4.78 is 4.64. The van der Waals surface area contributed by atoms with E-state index in [1.54, 1.807) is 0 Å². The van der Waals surface area contributed by atoms with Gasteiger partial charge in [0.2, 0.25) is 5.95 Å². The number of fused-ring (bicyclic) bond motifs is 8. The molecule has 232 valence electrons. The lowest BCUT2D eigenvalue weighted by Crippen LogP contribution is -2.05. The van der Waals surface area contributed by atoms with Crippen molar-refractivity contribution in [3.8, 4) is 11.6 Å². The molecule has 3 aromatic heterocycles. The lowest BCUT2D eigenvalue weighted by atomic mass is 10.0. The minimum atomic E-state index is 0.619. The first kappa shape index (κ1) is 28.7. The van der Waals surface area contributed by atoms with E-state index in [4.69, 9.17) is 9.97 Å². The summed E-state index contributed by atoms with van der Waals surface area (Å²) in [6, 6.07) is 51.0. The molecule has 0 saturated carbocycles. The molecule has 0 amide bonds.